The number of nitrogens with one attached hydrogen (secondary N) is 2. The van der Waals surface area contributed by atoms with Gasteiger partial charge in [0, 0.05) is 52.9 Å². The van der Waals surface area contributed by atoms with Crippen LogP contribution in [0.1, 0.15) is 22.5 Å². The summed E-state index contributed by atoms with van der Waals surface area (Å²) in [6.07, 6.45) is 0.853. The normalized spacial score (nSPS) is 15.8. The van der Waals surface area contributed by atoms with Gasteiger partial charge in [-0.05, 0) is 19.9 Å². The predicted molar refractivity (Wildman–Crippen MR) is 97.8 cm³/mol. The molecule has 10 heteroatoms. The highest BCUT2D eigenvalue weighted by atomic mass is 35.5. The molecule has 25 heavy (non-hydrogen) atoms. The van der Waals surface area contributed by atoms with Crippen LogP contribution in [0.15, 0.2) is 15.6 Å². The van der Waals surface area contributed by atoms with Gasteiger partial charge in [-0.15, -0.1) is 12.4 Å². The van der Waals surface area contributed by atoms with E-state index in [1.54, 1.807) is 6.92 Å². The van der Waals surface area contributed by atoms with Crippen molar-refractivity contribution in [1.29, 1.82) is 0 Å². The van der Waals surface area contributed by atoms with E-state index in [1.165, 1.54) is 20.2 Å². The lowest BCUT2D eigenvalue weighted by atomic mass is 10.2. The van der Waals surface area contributed by atoms with Gasteiger partial charge in [0.2, 0.25) is 5.09 Å². The molecule has 0 saturated carbocycles. The van der Waals surface area contributed by atoms with Gasteiger partial charge in [-0.2, -0.15) is 0 Å². The Bertz CT molecular complexity index is 669. The van der Waals surface area contributed by atoms with Crippen molar-refractivity contribution in [3.8, 4) is 0 Å². The molecule has 1 aromatic rings. The minimum atomic E-state index is -3.68. The van der Waals surface area contributed by atoms with Crippen molar-refractivity contribution in [1.82, 2.24) is 19.8 Å². The Morgan fingerprint density at radius 1 is 1.36 bits per heavy atom. The summed E-state index contributed by atoms with van der Waals surface area (Å²) < 4.78 is 30.4. The predicted octanol–water partition coefficient (Wildman–Crippen LogP) is 0.285. The van der Waals surface area contributed by atoms with Crippen molar-refractivity contribution in [3.63, 3.8) is 0 Å². The first kappa shape index (κ1) is 21.9. The van der Waals surface area contributed by atoms with E-state index in [2.05, 4.69) is 15.5 Å². The second kappa shape index (κ2) is 9.54. The first-order valence-corrected chi connectivity index (χ1v) is 9.50. The number of nitrogens with zero attached hydrogens (tertiary/aromatic N) is 2. The highest BCUT2D eigenvalue weighted by molar-refractivity contribution is 7.88. The molecule has 1 aromatic heterocycles. The fraction of sp³-hybridized carbons (Fsp3) is 0.667. The third-order valence-corrected chi connectivity index (χ3v) is 5.69. The fourth-order valence-electron chi connectivity index (χ4n) is 2.52. The molecule has 0 aliphatic carbocycles. The molecule has 1 saturated heterocycles. The SMILES string of the molecule is Cc1oc(S(=O)(=O)N(C)C)cc1C(=O)NCCCN1CCNCC1.Cl. The number of sulfonamides is 1. The van der Waals surface area contributed by atoms with E-state index in [0.717, 1.165) is 43.4 Å². The Hall–Kier alpha value is -1.13. The first-order valence-electron chi connectivity index (χ1n) is 8.06. The molecule has 0 unspecified atom stereocenters. The second-order valence-electron chi connectivity index (χ2n) is 6.02. The highest BCUT2D eigenvalue weighted by Gasteiger charge is 2.25. The van der Waals surface area contributed by atoms with Gasteiger partial charge in [-0.3, -0.25) is 4.79 Å². The van der Waals surface area contributed by atoms with Crippen LogP contribution in [-0.2, 0) is 10.0 Å². The van der Waals surface area contributed by atoms with E-state index in [1.807, 2.05) is 0 Å². The average Bonchev–Trinajstić information content (AvgIpc) is 2.95. The number of furan rings is 1. The molecule has 1 aliphatic heterocycles. The van der Waals surface area contributed by atoms with E-state index < -0.39 is 10.0 Å². The van der Waals surface area contributed by atoms with Gasteiger partial charge in [-0.25, -0.2) is 12.7 Å². The molecule has 0 atom stereocenters. The van der Waals surface area contributed by atoms with Crippen molar-refractivity contribution >= 4 is 28.3 Å². The van der Waals surface area contributed by atoms with Gasteiger partial charge >= 0.3 is 0 Å². The molecule has 2 heterocycles. The minimum absolute atomic E-state index is 0. The molecular weight excluding hydrogens is 368 g/mol. The third kappa shape index (κ3) is 5.68. The van der Waals surface area contributed by atoms with E-state index in [-0.39, 0.29) is 29.0 Å². The maximum atomic E-state index is 12.2. The van der Waals surface area contributed by atoms with Crippen LogP contribution in [0, 0.1) is 6.92 Å². The van der Waals surface area contributed by atoms with Gasteiger partial charge in [0.05, 0.1) is 5.56 Å². The monoisotopic (exact) mass is 394 g/mol. The van der Waals surface area contributed by atoms with Gasteiger partial charge in [0.15, 0.2) is 0 Å². The smallest absolute Gasteiger partial charge is 0.275 e. The summed E-state index contributed by atoms with van der Waals surface area (Å²) in [6, 6.07) is 1.29. The topological polar surface area (TPSA) is 94.9 Å². The van der Waals surface area contributed by atoms with Crippen molar-refractivity contribution in [2.75, 3.05) is 53.4 Å². The molecule has 2 N–H and O–H groups in total. The van der Waals surface area contributed by atoms with Crippen LogP contribution >= 0.6 is 12.4 Å². The zero-order chi connectivity index (χ0) is 17.7. The van der Waals surface area contributed by atoms with Gasteiger partial charge in [0.1, 0.15) is 5.76 Å². The Labute approximate surface area is 155 Å². The van der Waals surface area contributed by atoms with E-state index in [9.17, 15) is 13.2 Å². The second-order valence-corrected chi connectivity index (χ2v) is 8.11. The van der Waals surface area contributed by atoms with Crippen LogP contribution in [0.25, 0.3) is 0 Å². The molecule has 1 aliphatic rings. The lowest BCUT2D eigenvalue weighted by molar-refractivity contribution is 0.0949. The van der Waals surface area contributed by atoms with Crippen molar-refractivity contribution in [2.24, 2.45) is 0 Å². The molecule has 144 valence electrons. The largest absolute Gasteiger partial charge is 0.448 e. The number of rotatable bonds is 7. The lowest BCUT2D eigenvalue weighted by Gasteiger charge is -2.27. The van der Waals surface area contributed by atoms with Gasteiger partial charge in [0.25, 0.3) is 15.9 Å². The van der Waals surface area contributed by atoms with Crippen molar-refractivity contribution in [3.05, 3.63) is 17.4 Å². The van der Waals surface area contributed by atoms with Crippen LogP contribution in [0.3, 0.4) is 0 Å². The Morgan fingerprint density at radius 2 is 2.00 bits per heavy atom. The zero-order valence-electron chi connectivity index (χ0n) is 14.9. The molecular formula is C15H27ClN4O4S. The fourth-order valence-corrected chi connectivity index (χ4v) is 3.38. The number of carbonyl (C=O) groups excluding carboxylic acids is 1. The quantitative estimate of drug-likeness (QED) is 0.645. The molecule has 0 bridgehead atoms. The van der Waals surface area contributed by atoms with Crippen LogP contribution in [0.4, 0.5) is 0 Å². The summed E-state index contributed by atoms with van der Waals surface area (Å²) in [4.78, 5) is 14.6. The number of piperazine rings is 1. The third-order valence-electron chi connectivity index (χ3n) is 4.02. The van der Waals surface area contributed by atoms with Gasteiger partial charge in [-0.1, -0.05) is 0 Å². The summed E-state index contributed by atoms with van der Waals surface area (Å²) in [5, 5.41) is 5.91. The van der Waals surface area contributed by atoms with Crippen LogP contribution in [0.5, 0.6) is 0 Å². The molecule has 8 nitrogen and oxygen atoms in total. The highest BCUT2D eigenvalue weighted by Crippen LogP contribution is 2.21. The minimum Gasteiger partial charge on any atom is -0.448 e. The Morgan fingerprint density at radius 3 is 2.60 bits per heavy atom. The number of carbonyl (C=O) groups is 1. The van der Waals surface area contributed by atoms with E-state index in [4.69, 9.17) is 4.42 Å². The Kier molecular flexibility index (Phi) is 8.36. The number of amides is 1. The summed E-state index contributed by atoms with van der Waals surface area (Å²) in [5.74, 6) is -0.00760. The zero-order valence-corrected chi connectivity index (χ0v) is 16.5. The number of hydrogen-bond donors (Lipinski definition) is 2. The van der Waals surface area contributed by atoms with Crippen molar-refractivity contribution in [2.45, 2.75) is 18.4 Å². The summed E-state index contributed by atoms with van der Waals surface area (Å²) in [5.41, 5.74) is 0.262. The van der Waals surface area contributed by atoms with Crippen LogP contribution in [-0.4, -0.2) is 76.9 Å². The van der Waals surface area contributed by atoms with E-state index in [0.29, 0.717) is 12.3 Å². The first-order chi connectivity index (χ1) is 11.3. The van der Waals surface area contributed by atoms with Crippen LogP contribution in [0.2, 0.25) is 0 Å². The van der Waals surface area contributed by atoms with E-state index >= 15 is 0 Å². The number of hydrogen-bond acceptors (Lipinski definition) is 6. The molecule has 0 aromatic carbocycles. The molecule has 1 amide bonds. The average molecular weight is 395 g/mol. The summed E-state index contributed by atoms with van der Waals surface area (Å²) in [7, 11) is -0.838. The summed E-state index contributed by atoms with van der Waals surface area (Å²) >= 11 is 0. The number of aryl methyl sites for hydroxylation is 1. The Balaban J connectivity index is 0.00000312. The maximum Gasteiger partial charge on any atom is 0.275 e. The molecule has 2 rings (SSSR count). The standard InChI is InChI=1S/C15H26N4O4S.ClH/c1-12-13(11-14(23-12)24(21,22)18(2)3)15(20)17-5-4-8-19-9-6-16-7-10-19;/h11,16H,4-10H2,1-3H3,(H,17,20);1H. The summed E-state index contributed by atoms with van der Waals surface area (Å²) in [6.45, 7) is 7.13. The molecule has 0 radical (unpaired) electrons. The van der Waals surface area contributed by atoms with Gasteiger partial charge < -0.3 is 20.0 Å². The van der Waals surface area contributed by atoms with Crippen molar-refractivity contribution < 1.29 is 17.6 Å². The molecule has 0 spiro atoms. The lowest BCUT2D eigenvalue weighted by Crippen LogP contribution is -2.44. The number of halogens is 1. The molecule has 1 fully saturated rings. The maximum absolute atomic E-state index is 12.2. The van der Waals surface area contributed by atoms with Crippen LogP contribution < -0.4 is 10.6 Å².